The molecule has 17 heavy (non-hydrogen) atoms. The molecule has 1 aromatic rings. The summed E-state index contributed by atoms with van der Waals surface area (Å²) < 4.78 is 0. The zero-order valence-electron chi connectivity index (χ0n) is 9.55. The van der Waals surface area contributed by atoms with Crippen LogP contribution in [0.1, 0.15) is 18.4 Å². The van der Waals surface area contributed by atoms with Crippen LogP contribution in [0.4, 0.5) is 0 Å². The molecule has 0 bridgehead atoms. The van der Waals surface area contributed by atoms with Gasteiger partial charge in [0.1, 0.15) is 0 Å². The van der Waals surface area contributed by atoms with Crippen LogP contribution in [-0.2, 0) is 11.3 Å². The molecule has 0 aromatic heterocycles. The van der Waals surface area contributed by atoms with Crippen LogP contribution in [0.25, 0.3) is 0 Å². The van der Waals surface area contributed by atoms with Gasteiger partial charge in [-0.25, -0.2) is 0 Å². The number of amides is 1. The van der Waals surface area contributed by atoms with Crippen molar-refractivity contribution in [2.24, 2.45) is 0 Å². The van der Waals surface area contributed by atoms with Crippen LogP contribution in [0.15, 0.2) is 30.3 Å². The Balaban J connectivity index is 2.09. The lowest BCUT2D eigenvalue weighted by Gasteiger charge is -2.28. The Morgan fingerprint density at radius 1 is 1.41 bits per heavy atom. The first-order valence-electron chi connectivity index (χ1n) is 5.80. The van der Waals surface area contributed by atoms with E-state index in [9.17, 15) is 9.90 Å². The third-order valence-electron chi connectivity index (χ3n) is 3.17. The monoisotopic (exact) mass is 297 g/mol. The number of hydrogen-bond donors (Lipinski definition) is 1. The summed E-state index contributed by atoms with van der Waals surface area (Å²) in [6.45, 7) is 0.592. The predicted molar refractivity (Wildman–Crippen MR) is 69.8 cm³/mol. The van der Waals surface area contributed by atoms with Crippen LogP contribution in [0, 0.1) is 0 Å². The second kappa shape index (κ2) is 5.65. The molecule has 1 amide bonds. The lowest BCUT2D eigenvalue weighted by molar-refractivity contribution is -0.130. The smallest absolute Gasteiger partial charge is 0.223 e. The number of aliphatic hydroxyl groups is 1. The fourth-order valence-corrected chi connectivity index (χ4v) is 2.68. The molecule has 1 heterocycles. The molecule has 92 valence electrons. The molecule has 1 saturated heterocycles. The Morgan fingerprint density at radius 3 is 2.76 bits per heavy atom. The van der Waals surface area contributed by atoms with Crippen molar-refractivity contribution in [2.45, 2.75) is 31.5 Å². The molecule has 1 aliphatic rings. The van der Waals surface area contributed by atoms with Gasteiger partial charge < -0.3 is 10.0 Å². The van der Waals surface area contributed by atoms with Crippen molar-refractivity contribution in [2.75, 3.05) is 5.33 Å². The summed E-state index contributed by atoms with van der Waals surface area (Å²) in [4.78, 5) is 13.6. The van der Waals surface area contributed by atoms with Gasteiger partial charge in [0.25, 0.3) is 0 Å². The molecule has 1 aromatic carbocycles. The number of carbonyl (C=O) groups excluding carboxylic acids is 1. The minimum absolute atomic E-state index is 0.0536. The quantitative estimate of drug-likeness (QED) is 0.863. The van der Waals surface area contributed by atoms with E-state index in [-0.39, 0.29) is 11.9 Å². The van der Waals surface area contributed by atoms with E-state index in [2.05, 4.69) is 15.9 Å². The van der Waals surface area contributed by atoms with E-state index < -0.39 is 6.10 Å². The second-order valence-corrected chi connectivity index (χ2v) is 4.98. The van der Waals surface area contributed by atoms with E-state index in [0.717, 1.165) is 12.0 Å². The maximum atomic E-state index is 11.8. The minimum atomic E-state index is -0.481. The molecule has 0 radical (unpaired) electrons. The van der Waals surface area contributed by atoms with Crippen molar-refractivity contribution in [3.8, 4) is 0 Å². The van der Waals surface area contributed by atoms with Crippen LogP contribution in [0.3, 0.4) is 0 Å². The predicted octanol–water partition coefficient (Wildman–Crippen LogP) is 1.93. The van der Waals surface area contributed by atoms with E-state index in [0.29, 0.717) is 18.3 Å². The number of alkyl halides is 1. The summed E-state index contributed by atoms with van der Waals surface area (Å²) in [6, 6.07) is 9.84. The van der Waals surface area contributed by atoms with E-state index in [4.69, 9.17) is 0 Å². The summed E-state index contributed by atoms with van der Waals surface area (Å²) >= 11 is 3.27. The van der Waals surface area contributed by atoms with Crippen molar-refractivity contribution < 1.29 is 9.90 Å². The molecule has 2 rings (SSSR count). The lowest BCUT2D eigenvalue weighted by atomic mass is 10.1. The van der Waals surface area contributed by atoms with E-state index >= 15 is 0 Å². The molecule has 2 unspecified atom stereocenters. The van der Waals surface area contributed by atoms with Crippen molar-refractivity contribution in [3.63, 3.8) is 0 Å². The van der Waals surface area contributed by atoms with Crippen LogP contribution in [-0.4, -0.2) is 33.4 Å². The molecule has 2 atom stereocenters. The van der Waals surface area contributed by atoms with Gasteiger partial charge in [-0.2, -0.15) is 0 Å². The Morgan fingerprint density at radius 2 is 2.12 bits per heavy atom. The number of rotatable bonds is 4. The highest BCUT2D eigenvalue weighted by atomic mass is 79.9. The number of halogens is 1. The van der Waals surface area contributed by atoms with Crippen molar-refractivity contribution in [1.29, 1.82) is 0 Å². The molecule has 0 saturated carbocycles. The molecule has 0 spiro atoms. The number of carbonyl (C=O) groups is 1. The molecule has 1 N–H and O–H groups in total. The van der Waals surface area contributed by atoms with Gasteiger partial charge in [0, 0.05) is 18.3 Å². The summed E-state index contributed by atoms with van der Waals surface area (Å²) in [5, 5.41) is 10.4. The lowest BCUT2D eigenvalue weighted by Crippen LogP contribution is -2.41. The fourth-order valence-electron chi connectivity index (χ4n) is 2.24. The van der Waals surface area contributed by atoms with Crippen LogP contribution in [0.2, 0.25) is 0 Å². The molecular formula is C13H16BrNO2. The van der Waals surface area contributed by atoms with Gasteiger partial charge in [0.05, 0.1) is 12.1 Å². The van der Waals surface area contributed by atoms with Crippen molar-refractivity contribution in [1.82, 2.24) is 4.90 Å². The molecule has 1 fully saturated rings. The Kier molecular flexibility index (Phi) is 4.18. The van der Waals surface area contributed by atoms with E-state index in [1.165, 1.54) is 0 Å². The van der Waals surface area contributed by atoms with Gasteiger partial charge in [-0.1, -0.05) is 46.3 Å². The zero-order valence-corrected chi connectivity index (χ0v) is 11.1. The minimum Gasteiger partial charge on any atom is -0.390 e. The first-order chi connectivity index (χ1) is 8.22. The highest BCUT2D eigenvalue weighted by Crippen LogP contribution is 2.24. The normalized spacial score (nSPS) is 21.9. The van der Waals surface area contributed by atoms with Gasteiger partial charge >= 0.3 is 0 Å². The Labute approximate surface area is 110 Å². The zero-order chi connectivity index (χ0) is 12.3. The SMILES string of the molecule is O=C1CCC(C(O)CBr)N1Cc1ccccc1. The third-order valence-corrected chi connectivity index (χ3v) is 3.84. The van der Waals surface area contributed by atoms with E-state index in [1.807, 2.05) is 30.3 Å². The van der Waals surface area contributed by atoms with Gasteiger partial charge in [-0.15, -0.1) is 0 Å². The molecule has 3 nitrogen and oxygen atoms in total. The average Bonchev–Trinajstić information content (AvgIpc) is 2.72. The number of likely N-dealkylation sites (tertiary alicyclic amines) is 1. The molecule has 1 aliphatic heterocycles. The van der Waals surface area contributed by atoms with Crippen molar-refractivity contribution >= 4 is 21.8 Å². The van der Waals surface area contributed by atoms with Gasteiger partial charge in [0.15, 0.2) is 0 Å². The third kappa shape index (κ3) is 2.87. The number of nitrogens with zero attached hydrogens (tertiary/aromatic N) is 1. The summed E-state index contributed by atoms with van der Waals surface area (Å²) in [7, 11) is 0. The second-order valence-electron chi connectivity index (χ2n) is 4.33. The molecular weight excluding hydrogens is 282 g/mol. The largest absolute Gasteiger partial charge is 0.390 e. The van der Waals surface area contributed by atoms with E-state index in [1.54, 1.807) is 4.90 Å². The first kappa shape index (κ1) is 12.6. The van der Waals surface area contributed by atoms with Gasteiger partial charge in [-0.3, -0.25) is 4.79 Å². The average molecular weight is 298 g/mol. The van der Waals surface area contributed by atoms with Gasteiger partial charge in [-0.05, 0) is 12.0 Å². The number of hydrogen-bond acceptors (Lipinski definition) is 2. The topological polar surface area (TPSA) is 40.5 Å². The van der Waals surface area contributed by atoms with Gasteiger partial charge in [0.2, 0.25) is 5.91 Å². The fraction of sp³-hybridized carbons (Fsp3) is 0.462. The number of benzene rings is 1. The Bertz CT molecular complexity index is 382. The summed E-state index contributed by atoms with van der Waals surface area (Å²) in [5.41, 5.74) is 1.11. The summed E-state index contributed by atoms with van der Waals surface area (Å²) in [5.74, 6) is 0.138. The molecule has 4 heteroatoms. The van der Waals surface area contributed by atoms with Crippen LogP contribution >= 0.6 is 15.9 Å². The van der Waals surface area contributed by atoms with Crippen LogP contribution in [0.5, 0.6) is 0 Å². The first-order valence-corrected chi connectivity index (χ1v) is 6.92. The van der Waals surface area contributed by atoms with Crippen LogP contribution < -0.4 is 0 Å². The maximum absolute atomic E-state index is 11.8. The standard InChI is InChI=1S/C13H16BrNO2/c14-8-12(16)11-6-7-13(17)15(11)9-10-4-2-1-3-5-10/h1-5,11-12,16H,6-9H2. The maximum Gasteiger partial charge on any atom is 0.223 e. The number of aliphatic hydroxyl groups excluding tert-OH is 1. The van der Waals surface area contributed by atoms with Crippen molar-refractivity contribution in [3.05, 3.63) is 35.9 Å². The highest BCUT2D eigenvalue weighted by Gasteiger charge is 2.35. The summed E-state index contributed by atoms with van der Waals surface area (Å²) in [6.07, 6.45) is 0.810. The molecule has 0 aliphatic carbocycles. The highest BCUT2D eigenvalue weighted by molar-refractivity contribution is 9.09. The Hall–Kier alpha value is -0.870.